The number of benzene rings is 2. The molecule has 132 valence electrons. The van der Waals surface area contributed by atoms with Gasteiger partial charge in [0.05, 0.1) is 0 Å². The van der Waals surface area contributed by atoms with Crippen molar-refractivity contribution in [3.63, 3.8) is 0 Å². The van der Waals surface area contributed by atoms with Crippen LogP contribution in [0.3, 0.4) is 0 Å². The number of amides is 2. The van der Waals surface area contributed by atoms with E-state index in [4.69, 9.17) is 11.6 Å². The van der Waals surface area contributed by atoms with Gasteiger partial charge < -0.3 is 15.5 Å². The molecule has 1 heterocycles. The van der Waals surface area contributed by atoms with E-state index >= 15 is 0 Å². The monoisotopic (exact) mass is 357 g/mol. The second kappa shape index (κ2) is 8.88. The number of hydrogen-bond donors (Lipinski definition) is 2. The largest absolute Gasteiger partial charge is 0.338 e. The Hall–Kier alpha value is -2.04. The number of nitrogens with zero attached hydrogens (tertiary/aromatic N) is 1. The minimum absolute atomic E-state index is 0.162. The lowest BCUT2D eigenvalue weighted by molar-refractivity contribution is 0.249. The molecule has 0 saturated carbocycles. The molecule has 2 aromatic carbocycles. The minimum atomic E-state index is -0.162. The summed E-state index contributed by atoms with van der Waals surface area (Å²) in [6, 6.07) is 17.5. The summed E-state index contributed by atoms with van der Waals surface area (Å²) in [5, 5.41) is 6.46. The van der Waals surface area contributed by atoms with Gasteiger partial charge in [0, 0.05) is 30.3 Å². The van der Waals surface area contributed by atoms with Crippen molar-refractivity contribution in [2.75, 3.05) is 31.5 Å². The molecule has 1 saturated heterocycles. The molecular formula is C20H24ClN3O. The van der Waals surface area contributed by atoms with Gasteiger partial charge in [-0.1, -0.05) is 41.9 Å². The van der Waals surface area contributed by atoms with Crippen LogP contribution in [-0.4, -0.2) is 37.1 Å². The fourth-order valence-corrected chi connectivity index (χ4v) is 3.29. The Morgan fingerprint density at radius 2 is 1.88 bits per heavy atom. The number of rotatable bonds is 6. The molecule has 1 aliphatic rings. The molecule has 2 amide bonds. The lowest BCUT2D eigenvalue weighted by Crippen LogP contribution is -2.34. The number of carbonyl (C=O) groups is 1. The summed E-state index contributed by atoms with van der Waals surface area (Å²) in [6.45, 7) is 3.95. The van der Waals surface area contributed by atoms with Crippen LogP contribution in [0.5, 0.6) is 0 Å². The van der Waals surface area contributed by atoms with Crippen molar-refractivity contribution in [3.8, 4) is 0 Å². The van der Waals surface area contributed by atoms with Gasteiger partial charge >= 0.3 is 6.03 Å². The second-order valence-electron chi connectivity index (χ2n) is 6.53. The zero-order chi connectivity index (χ0) is 17.5. The van der Waals surface area contributed by atoms with Crippen molar-refractivity contribution in [2.45, 2.75) is 12.8 Å². The first-order valence-electron chi connectivity index (χ1n) is 8.76. The number of hydrogen-bond acceptors (Lipinski definition) is 2. The number of urea groups is 1. The molecule has 2 aromatic rings. The van der Waals surface area contributed by atoms with Gasteiger partial charge in [-0.15, -0.1) is 0 Å². The van der Waals surface area contributed by atoms with E-state index in [1.165, 1.54) is 5.56 Å². The second-order valence-corrected chi connectivity index (χ2v) is 6.97. The Kier molecular flexibility index (Phi) is 6.31. The average molecular weight is 358 g/mol. The van der Waals surface area contributed by atoms with Crippen LogP contribution in [0.4, 0.5) is 10.5 Å². The van der Waals surface area contributed by atoms with Crippen molar-refractivity contribution in [1.82, 2.24) is 10.2 Å². The summed E-state index contributed by atoms with van der Waals surface area (Å²) in [5.41, 5.74) is 2.13. The number of anilines is 1. The zero-order valence-corrected chi connectivity index (χ0v) is 15.0. The van der Waals surface area contributed by atoms with Gasteiger partial charge in [0.1, 0.15) is 0 Å². The highest BCUT2D eigenvalue weighted by Gasteiger charge is 2.22. The third kappa shape index (κ3) is 5.76. The van der Waals surface area contributed by atoms with Gasteiger partial charge in [0.2, 0.25) is 0 Å². The molecule has 0 aromatic heterocycles. The topological polar surface area (TPSA) is 44.4 Å². The van der Waals surface area contributed by atoms with Crippen LogP contribution < -0.4 is 10.6 Å². The Labute approximate surface area is 154 Å². The van der Waals surface area contributed by atoms with Gasteiger partial charge in [0.15, 0.2) is 0 Å². The molecule has 1 atom stereocenters. The first kappa shape index (κ1) is 17.8. The van der Waals surface area contributed by atoms with Gasteiger partial charge in [-0.3, -0.25) is 0 Å². The molecule has 0 radical (unpaired) electrons. The molecule has 25 heavy (non-hydrogen) atoms. The zero-order valence-electron chi connectivity index (χ0n) is 14.2. The fourth-order valence-electron chi connectivity index (χ4n) is 3.16. The van der Waals surface area contributed by atoms with Crippen LogP contribution in [0.25, 0.3) is 0 Å². The highest BCUT2D eigenvalue weighted by atomic mass is 35.5. The number of nitrogens with one attached hydrogen (secondary N) is 2. The fraction of sp³-hybridized carbons (Fsp3) is 0.350. The van der Waals surface area contributed by atoms with E-state index < -0.39 is 0 Å². The van der Waals surface area contributed by atoms with Crippen molar-refractivity contribution in [2.24, 2.45) is 5.92 Å². The predicted octanol–water partition coefficient (Wildman–Crippen LogP) is 4.03. The van der Waals surface area contributed by atoms with Gasteiger partial charge in [-0.05, 0) is 55.1 Å². The summed E-state index contributed by atoms with van der Waals surface area (Å²) in [7, 11) is 0. The van der Waals surface area contributed by atoms with Crippen LogP contribution in [0.1, 0.15) is 12.0 Å². The first-order chi connectivity index (χ1) is 12.2. The molecule has 0 spiro atoms. The molecule has 0 aliphatic carbocycles. The normalized spacial score (nSPS) is 17.4. The maximum Gasteiger partial charge on any atom is 0.319 e. The molecule has 5 heteroatoms. The molecule has 3 rings (SSSR count). The lowest BCUT2D eigenvalue weighted by Gasteiger charge is -2.16. The van der Waals surface area contributed by atoms with Crippen LogP contribution in [-0.2, 0) is 6.42 Å². The van der Waals surface area contributed by atoms with Crippen molar-refractivity contribution in [3.05, 3.63) is 65.2 Å². The van der Waals surface area contributed by atoms with E-state index in [2.05, 4.69) is 45.9 Å². The molecule has 1 fully saturated rings. The molecule has 2 N–H and O–H groups in total. The Bertz CT molecular complexity index is 675. The van der Waals surface area contributed by atoms with E-state index in [9.17, 15) is 4.79 Å². The number of likely N-dealkylation sites (tertiary alicyclic amines) is 1. The molecule has 4 nitrogen and oxygen atoms in total. The van der Waals surface area contributed by atoms with E-state index in [0.29, 0.717) is 17.5 Å². The molecular weight excluding hydrogens is 334 g/mol. The predicted molar refractivity (Wildman–Crippen MR) is 103 cm³/mol. The smallest absolute Gasteiger partial charge is 0.319 e. The summed E-state index contributed by atoms with van der Waals surface area (Å²) in [4.78, 5) is 14.5. The van der Waals surface area contributed by atoms with E-state index in [1.54, 1.807) is 24.3 Å². The standard InChI is InChI=1S/C20H24ClN3O/c21-18-6-8-19(9-7-18)23-20(25)22-14-17-11-13-24(15-17)12-10-16-4-2-1-3-5-16/h1-9,17H,10-15H2,(H2,22,23,25)/t17-/m0/s1. The van der Waals surface area contributed by atoms with Crippen molar-refractivity contribution < 1.29 is 4.79 Å². The lowest BCUT2D eigenvalue weighted by atomic mass is 10.1. The van der Waals surface area contributed by atoms with E-state index in [-0.39, 0.29) is 6.03 Å². The summed E-state index contributed by atoms with van der Waals surface area (Å²) in [6.07, 6.45) is 2.22. The van der Waals surface area contributed by atoms with Crippen LogP contribution in [0, 0.1) is 5.92 Å². The quantitative estimate of drug-likeness (QED) is 0.819. The van der Waals surface area contributed by atoms with Gasteiger partial charge in [0.25, 0.3) is 0 Å². The highest BCUT2D eigenvalue weighted by Crippen LogP contribution is 2.16. The Balaban J connectivity index is 1.35. The molecule has 0 bridgehead atoms. The summed E-state index contributed by atoms with van der Waals surface area (Å²) in [5.74, 6) is 0.520. The third-order valence-corrected chi connectivity index (χ3v) is 4.83. The Morgan fingerprint density at radius 3 is 2.64 bits per heavy atom. The minimum Gasteiger partial charge on any atom is -0.338 e. The van der Waals surface area contributed by atoms with Crippen LogP contribution in [0.15, 0.2) is 54.6 Å². The SMILES string of the molecule is O=C(NC[C@@H]1CCN(CCc2ccccc2)C1)Nc1ccc(Cl)cc1. The maximum atomic E-state index is 12.0. The number of carbonyl (C=O) groups excluding carboxylic acids is 1. The van der Waals surface area contributed by atoms with Gasteiger partial charge in [-0.2, -0.15) is 0 Å². The molecule has 0 unspecified atom stereocenters. The highest BCUT2D eigenvalue weighted by molar-refractivity contribution is 6.30. The summed E-state index contributed by atoms with van der Waals surface area (Å²) >= 11 is 5.84. The van der Waals surface area contributed by atoms with E-state index in [1.807, 2.05) is 0 Å². The maximum absolute atomic E-state index is 12.0. The molecule has 1 aliphatic heterocycles. The van der Waals surface area contributed by atoms with E-state index in [0.717, 1.165) is 38.2 Å². The van der Waals surface area contributed by atoms with Gasteiger partial charge in [-0.25, -0.2) is 4.79 Å². The summed E-state index contributed by atoms with van der Waals surface area (Å²) < 4.78 is 0. The number of halogens is 1. The third-order valence-electron chi connectivity index (χ3n) is 4.58. The first-order valence-corrected chi connectivity index (χ1v) is 9.13. The van der Waals surface area contributed by atoms with Crippen LogP contribution in [0.2, 0.25) is 5.02 Å². The average Bonchev–Trinajstić information content (AvgIpc) is 3.09. The van der Waals surface area contributed by atoms with Crippen molar-refractivity contribution in [1.29, 1.82) is 0 Å². The van der Waals surface area contributed by atoms with Crippen molar-refractivity contribution >= 4 is 23.3 Å². The Morgan fingerprint density at radius 1 is 1.12 bits per heavy atom. The van der Waals surface area contributed by atoms with Crippen LogP contribution >= 0.6 is 11.6 Å².